The largest absolute Gasteiger partial charge is 0.507 e. The lowest BCUT2D eigenvalue weighted by Gasteiger charge is -2.27. The van der Waals surface area contributed by atoms with Gasteiger partial charge in [-0.25, -0.2) is 0 Å². The molecule has 0 atom stereocenters. The molecule has 1 fully saturated rings. The molecular formula is C16H21BrO2. The van der Waals surface area contributed by atoms with Gasteiger partial charge in [0.05, 0.1) is 5.56 Å². The summed E-state index contributed by atoms with van der Waals surface area (Å²) in [7, 11) is 0. The SMILES string of the molecule is CCCC1CCC(C(=O)c2cc(Br)ccc2O)CC1. The van der Waals surface area contributed by atoms with Crippen LogP contribution in [0.5, 0.6) is 5.75 Å². The zero-order chi connectivity index (χ0) is 13.8. The molecule has 2 nitrogen and oxygen atoms in total. The maximum absolute atomic E-state index is 12.5. The average molecular weight is 325 g/mol. The molecule has 0 amide bonds. The summed E-state index contributed by atoms with van der Waals surface area (Å²) >= 11 is 3.36. The van der Waals surface area contributed by atoms with Gasteiger partial charge in [-0.2, -0.15) is 0 Å². The van der Waals surface area contributed by atoms with Gasteiger partial charge in [0.2, 0.25) is 0 Å². The van der Waals surface area contributed by atoms with E-state index >= 15 is 0 Å². The fourth-order valence-electron chi connectivity index (χ4n) is 3.05. The van der Waals surface area contributed by atoms with Gasteiger partial charge in [0.25, 0.3) is 0 Å². The minimum Gasteiger partial charge on any atom is -0.507 e. The molecule has 104 valence electrons. The van der Waals surface area contributed by atoms with Crippen LogP contribution in [0.2, 0.25) is 0 Å². The van der Waals surface area contributed by atoms with Gasteiger partial charge in [0, 0.05) is 10.4 Å². The molecule has 1 aromatic carbocycles. The fourth-order valence-corrected chi connectivity index (χ4v) is 3.41. The van der Waals surface area contributed by atoms with Crippen LogP contribution >= 0.6 is 15.9 Å². The summed E-state index contributed by atoms with van der Waals surface area (Å²) in [5, 5.41) is 9.83. The van der Waals surface area contributed by atoms with Gasteiger partial charge in [0.15, 0.2) is 5.78 Å². The molecule has 1 N–H and O–H groups in total. The number of phenols is 1. The molecule has 1 aliphatic rings. The predicted molar refractivity (Wildman–Crippen MR) is 80.5 cm³/mol. The summed E-state index contributed by atoms with van der Waals surface area (Å²) in [5.74, 6) is 1.09. The van der Waals surface area contributed by atoms with Gasteiger partial charge >= 0.3 is 0 Å². The Morgan fingerprint density at radius 1 is 1.32 bits per heavy atom. The van der Waals surface area contributed by atoms with E-state index in [0.29, 0.717) is 5.56 Å². The van der Waals surface area contributed by atoms with Gasteiger partial charge in [0.1, 0.15) is 5.75 Å². The number of hydrogen-bond acceptors (Lipinski definition) is 2. The Hall–Kier alpha value is -0.830. The quantitative estimate of drug-likeness (QED) is 0.796. The van der Waals surface area contributed by atoms with Crippen molar-refractivity contribution in [2.24, 2.45) is 11.8 Å². The summed E-state index contributed by atoms with van der Waals surface area (Å²) < 4.78 is 0.841. The van der Waals surface area contributed by atoms with Gasteiger partial charge in [-0.05, 0) is 49.8 Å². The van der Waals surface area contributed by atoms with Gasteiger partial charge in [-0.1, -0.05) is 35.7 Å². The van der Waals surface area contributed by atoms with Crippen LogP contribution in [0.15, 0.2) is 22.7 Å². The van der Waals surface area contributed by atoms with Crippen molar-refractivity contribution in [2.75, 3.05) is 0 Å². The summed E-state index contributed by atoms with van der Waals surface area (Å²) in [6, 6.07) is 5.07. The number of carbonyl (C=O) groups excluding carboxylic acids is 1. The van der Waals surface area contributed by atoms with E-state index in [1.165, 1.54) is 12.8 Å². The van der Waals surface area contributed by atoms with Crippen LogP contribution < -0.4 is 0 Å². The summed E-state index contributed by atoms with van der Waals surface area (Å²) in [5.41, 5.74) is 0.466. The molecule has 0 aliphatic heterocycles. The van der Waals surface area contributed by atoms with E-state index in [-0.39, 0.29) is 17.5 Å². The zero-order valence-corrected chi connectivity index (χ0v) is 12.9. The lowest BCUT2D eigenvalue weighted by molar-refractivity contribution is 0.0867. The second-order valence-corrected chi connectivity index (χ2v) is 6.45. The Bertz CT molecular complexity index is 448. The van der Waals surface area contributed by atoms with Gasteiger partial charge in [-0.3, -0.25) is 4.79 Å². The zero-order valence-electron chi connectivity index (χ0n) is 11.4. The van der Waals surface area contributed by atoms with Crippen molar-refractivity contribution in [3.8, 4) is 5.75 Å². The Kier molecular flexibility index (Phi) is 5.03. The third-order valence-electron chi connectivity index (χ3n) is 4.14. The highest BCUT2D eigenvalue weighted by Crippen LogP contribution is 2.35. The van der Waals surface area contributed by atoms with Crippen LogP contribution in [0.1, 0.15) is 55.8 Å². The summed E-state index contributed by atoms with van der Waals surface area (Å²) in [6.45, 7) is 2.22. The van der Waals surface area contributed by atoms with Crippen LogP contribution in [0, 0.1) is 11.8 Å². The van der Waals surface area contributed by atoms with Crippen LogP contribution in [0.4, 0.5) is 0 Å². The van der Waals surface area contributed by atoms with Crippen molar-refractivity contribution < 1.29 is 9.90 Å². The first-order valence-corrected chi connectivity index (χ1v) is 7.93. The van der Waals surface area contributed by atoms with Crippen LogP contribution in [0.3, 0.4) is 0 Å². The van der Waals surface area contributed by atoms with Crippen molar-refractivity contribution in [3.05, 3.63) is 28.2 Å². The first-order valence-electron chi connectivity index (χ1n) is 7.14. The molecule has 0 unspecified atom stereocenters. The van der Waals surface area contributed by atoms with Crippen LogP contribution in [-0.4, -0.2) is 10.9 Å². The molecule has 0 bridgehead atoms. The first kappa shape index (κ1) is 14.6. The highest BCUT2D eigenvalue weighted by Gasteiger charge is 2.27. The highest BCUT2D eigenvalue weighted by atomic mass is 79.9. The summed E-state index contributed by atoms with van der Waals surface area (Å²) in [4.78, 5) is 12.5. The van der Waals surface area contributed by atoms with Crippen molar-refractivity contribution >= 4 is 21.7 Å². The minimum atomic E-state index is 0.0910. The Labute approximate surface area is 123 Å². The number of rotatable bonds is 4. The second kappa shape index (κ2) is 6.56. The molecule has 0 aromatic heterocycles. The van der Waals surface area contributed by atoms with E-state index in [9.17, 15) is 9.90 Å². The van der Waals surface area contributed by atoms with E-state index in [0.717, 1.165) is 36.1 Å². The lowest BCUT2D eigenvalue weighted by Crippen LogP contribution is -2.22. The number of halogens is 1. The number of Topliss-reactive ketones (excluding diaryl/α,β-unsaturated/α-hetero) is 1. The Morgan fingerprint density at radius 2 is 2.00 bits per heavy atom. The van der Waals surface area contributed by atoms with Crippen molar-refractivity contribution in [1.82, 2.24) is 0 Å². The molecule has 1 aliphatic carbocycles. The fraction of sp³-hybridized carbons (Fsp3) is 0.562. The standard InChI is InChI=1S/C16H21BrO2/c1-2-3-11-4-6-12(7-5-11)16(19)14-10-13(17)8-9-15(14)18/h8-12,18H,2-7H2,1H3. The van der Waals surface area contributed by atoms with E-state index in [2.05, 4.69) is 22.9 Å². The molecule has 0 saturated heterocycles. The minimum absolute atomic E-state index is 0.0910. The average Bonchev–Trinajstić information content (AvgIpc) is 2.42. The van der Waals surface area contributed by atoms with Crippen LogP contribution in [0.25, 0.3) is 0 Å². The molecular weight excluding hydrogens is 304 g/mol. The predicted octanol–water partition coefficient (Wildman–Crippen LogP) is 4.94. The molecule has 0 spiro atoms. The topological polar surface area (TPSA) is 37.3 Å². The first-order chi connectivity index (χ1) is 9.11. The van der Waals surface area contributed by atoms with Gasteiger partial charge in [-0.15, -0.1) is 0 Å². The number of carbonyl (C=O) groups is 1. The van der Waals surface area contributed by atoms with Crippen molar-refractivity contribution in [3.63, 3.8) is 0 Å². The monoisotopic (exact) mass is 324 g/mol. The normalized spacial score (nSPS) is 23.3. The highest BCUT2D eigenvalue weighted by molar-refractivity contribution is 9.10. The van der Waals surface area contributed by atoms with Gasteiger partial charge < -0.3 is 5.11 Å². The maximum atomic E-state index is 12.5. The summed E-state index contributed by atoms with van der Waals surface area (Å²) in [6.07, 6.45) is 6.75. The second-order valence-electron chi connectivity index (χ2n) is 5.53. The number of hydrogen-bond donors (Lipinski definition) is 1. The maximum Gasteiger partial charge on any atom is 0.169 e. The third kappa shape index (κ3) is 3.59. The number of ketones is 1. The lowest BCUT2D eigenvalue weighted by atomic mass is 9.77. The molecule has 0 radical (unpaired) electrons. The Balaban J connectivity index is 2.03. The molecule has 1 aromatic rings. The molecule has 2 rings (SSSR count). The van der Waals surface area contributed by atoms with Crippen molar-refractivity contribution in [2.45, 2.75) is 45.4 Å². The Morgan fingerprint density at radius 3 is 2.63 bits per heavy atom. The van der Waals surface area contributed by atoms with Crippen LogP contribution in [-0.2, 0) is 0 Å². The van der Waals surface area contributed by atoms with E-state index in [4.69, 9.17) is 0 Å². The molecule has 19 heavy (non-hydrogen) atoms. The van der Waals surface area contributed by atoms with Crippen molar-refractivity contribution in [1.29, 1.82) is 0 Å². The number of aromatic hydroxyl groups is 1. The van der Waals surface area contributed by atoms with E-state index in [1.54, 1.807) is 18.2 Å². The molecule has 1 saturated carbocycles. The number of benzene rings is 1. The van der Waals surface area contributed by atoms with E-state index in [1.807, 2.05) is 0 Å². The molecule has 0 heterocycles. The third-order valence-corrected chi connectivity index (χ3v) is 4.63. The smallest absolute Gasteiger partial charge is 0.169 e. The molecule has 3 heteroatoms. The van der Waals surface area contributed by atoms with E-state index < -0.39 is 0 Å². The number of phenolic OH excluding ortho intramolecular Hbond substituents is 1.